The second-order valence-corrected chi connectivity index (χ2v) is 34.9. The first kappa shape index (κ1) is 104. The van der Waals surface area contributed by atoms with E-state index < -0.39 is 97.5 Å². The molecular weight excluding hydrogens is 1380 g/mol. The Hall–Kier alpha value is -1.94. The molecule has 3 unspecified atom stereocenters. The van der Waals surface area contributed by atoms with Crippen molar-refractivity contribution < 1.29 is 80.2 Å². The third kappa shape index (κ3) is 78.7. The highest BCUT2D eigenvalue weighted by atomic mass is 31.2. The Bertz CT molecular complexity index is 2030. The first-order valence-corrected chi connectivity index (χ1v) is 48.0. The predicted molar refractivity (Wildman–Crippen MR) is 437 cm³/mol. The van der Waals surface area contributed by atoms with E-state index in [1.807, 2.05) is 0 Å². The molecule has 6 atom stereocenters. The van der Waals surface area contributed by atoms with E-state index in [0.717, 1.165) is 108 Å². The van der Waals surface area contributed by atoms with Crippen molar-refractivity contribution in [3.05, 3.63) is 0 Å². The molecule has 0 aliphatic rings. The molecule has 0 spiro atoms. The van der Waals surface area contributed by atoms with Gasteiger partial charge in [-0.15, -0.1) is 0 Å². The summed E-state index contributed by atoms with van der Waals surface area (Å²) < 4.78 is 68.9. The zero-order valence-corrected chi connectivity index (χ0v) is 71.5. The Balaban J connectivity index is 5.23. The van der Waals surface area contributed by atoms with Crippen LogP contribution in [0.1, 0.15) is 465 Å². The number of hydrogen-bond acceptors (Lipinski definition) is 15. The lowest BCUT2D eigenvalue weighted by Gasteiger charge is -2.21. The van der Waals surface area contributed by atoms with Crippen LogP contribution in [0, 0.1) is 11.8 Å². The van der Waals surface area contributed by atoms with Gasteiger partial charge in [-0.2, -0.15) is 0 Å². The number of unbranched alkanes of at least 4 members (excludes halogenated alkanes) is 55. The molecule has 19 heteroatoms. The maximum absolute atomic E-state index is 13.2. The lowest BCUT2D eigenvalue weighted by atomic mass is 10.00. The second kappa shape index (κ2) is 78.3. The van der Waals surface area contributed by atoms with Gasteiger partial charge < -0.3 is 33.8 Å². The van der Waals surface area contributed by atoms with E-state index in [1.165, 1.54) is 276 Å². The maximum atomic E-state index is 13.2. The molecule has 0 aliphatic carbocycles. The van der Waals surface area contributed by atoms with Crippen molar-refractivity contribution in [3.63, 3.8) is 0 Å². The lowest BCUT2D eigenvalue weighted by Crippen LogP contribution is -2.30. The van der Waals surface area contributed by atoms with Crippen molar-refractivity contribution in [3.8, 4) is 0 Å². The fraction of sp³-hybridized carbons (Fsp3) is 0.954. The molecule has 0 fully saturated rings. The fourth-order valence-corrected chi connectivity index (χ4v) is 15.1. The molecule has 17 nitrogen and oxygen atoms in total. The lowest BCUT2D eigenvalue weighted by molar-refractivity contribution is -0.161. The zero-order chi connectivity index (χ0) is 77.8. The molecule has 0 heterocycles. The average molecular weight is 1550 g/mol. The van der Waals surface area contributed by atoms with E-state index in [-0.39, 0.29) is 25.7 Å². The second-order valence-electron chi connectivity index (χ2n) is 32.0. The first-order valence-electron chi connectivity index (χ1n) is 45.0. The zero-order valence-electron chi connectivity index (χ0n) is 69.7. The number of carbonyl (C=O) groups is 4. The summed E-state index contributed by atoms with van der Waals surface area (Å²) in [6.45, 7) is 9.67. The highest BCUT2D eigenvalue weighted by molar-refractivity contribution is 7.47. The number of rotatable bonds is 86. The molecule has 0 aromatic carbocycles. The van der Waals surface area contributed by atoms with Gasteiger partial charge in [0.25, 0.3) is 0 Å². The van der Waals surface area contributed by atoms with Gasteiger partial charge in [0.05, 0.1) is 26.4 Å². The van der Waals surface area contributed by atoms with Crippen LogP contribution in [0.3, 0.4) is 0 Å². The van der Waals surface area contributed by atoms with E-state index in [9.17, 15) is 43.2 Å². The van der Waals surface area contributed by atoms with Crippen LogP contribution in [0.25, 0.3) is 0 Å². The van der Waals surface area contributed by atoms with Gasteiger partial charge in [-0.3, -0.25) is 37.3 Å². The van der Waals surface area contributed by atoms with E-state index in [2.05, 4.69) is 41.5 Å². The summed E-state index contributed by atoms with van der Waals surface area (Å²) in [4.78, 5) is 73.2. The van der Waals surface area contributed by atoms with Gasteiger partial charge in [-0.1, -0.05) is 414 Å². The van der Waals surface area contributed by atoms with Crippen LogP contribution in [0.2, 0.25) is 0 Å². The van der Waals surface area contributed by atoms with Gasteiger partial charge in [-0.05, 0) is 37.5 Å². The SMILES string of the molecule is CCCCCCCCCCCCCCCCCCCCCCCC(=O)O[C@H](COC(=O)CCCCCCCCCCCCCCCCCCC(C)C)COP(=O)(O)OC[C@@H](O)COP(=O)(O)OC[C@@H](COC(=O)CCCCCCCCC(C)CC)OC(=O)CCCCCCCCCCCCCCCCCC. The summed E-state index contributed by atoms with van der Waals surface area (Å²) in [6.07, 6.45) is 70.9. The molecule has 0 amide bonds. The Labute approximate surface area is 651 Å². The minimum Gasteiger partial charge on any atom is -0.462 e. The quantitative estimate of drug-likeness (QED) is 0.0222. The smallest absolute Gasteiger partial charge is 0.462 e. The molecule has 3 N–H and O–H groups in total. The third-order valence-corrected chi connectivity index (χ3v) is 22.7. The van der Waals surface area contributed by atoms with Crippen LogP contribution < -0.4 is 0 Å². The molecule has 630 valence electrons. The van der Waals surface area contributed by atoms with Crippen molar-refractivity contribution in [2.75, 3.05) is 39.6 Å². The normalized spacial score (nSPS) is 14.1. The topological polar surface area (TPSA) is 237 Å². The Morgan fingerprint density at radius 2 is 0.481 bits per heavy atom. The van der Waals surface area contributed by atoms with E-state index in [4.69, 9.17) is 37.0 Å². The van der Waals surface area contributed by atoms with Crippen molar-refractivity contribution in [2.24, 2.45) is 11.8 Å². The van der Waals surface area contributed by atoms with Crippen molar-refractivity contribution in [2.45, 2.75) is 484 Å². The van der Waals surface area contributed by atoms with Gasteiger partial charge in [0.1, 0.15) is 19.3 Å². The summed E-state index contributed by atoms with van der Waals surface area (Å²) in [5.74, 6) is -0.559. The van der Waals surface area contributed by atoms with Crippen molar-refractivity contribution in [1.29, 1.82) is 0 Å². The molecule has 0 saturated carbocycles. The van der Waals surface area contributed by atoms with E-state index in [0.29, 0.717) is 25.7 Å². The van der Waals surface area contributed by atoms with Crippen molar-refractivity contribution in [1.82, 2.24) is 0 Å². The number of aliphatic hydroxyl groups excluding tert-OH is 1. The Morgan fingerprint density at radius 3 is 0.717 bits per heavy atom. The van der Waals surface area contributed by atoms with Gasteiger partial charge in [-0.25, -0.2) is 9.13 Å². The van der Waals surface area contributed by atoms with Crippen LogP contribution in [0.5, 0.6) is 0 Å². The largest absolute Gasteiger partial charge is 0.472 e. The van der Waals surface area contributed by atoms with Crippen LogP contribution in [-0.2, 0) is 65.4 Å². The number of carbonyl (C=O) groups excluding carboxylic acids is 4. The number of hydrogen-bond donors (Lipinski definition) is 3. The molecule has 0 radical (unpaired) electrons. The maximum Gasteiger partial charge on any atom is 0.472 e. The van der Waals surface area contributed by atoms with E-state index in [1.54, 1.807) is 0 Å². The molecule has 0 aromatic rings. The predicted octanol–water partition coefficient (Wildman–Crippen LogP) is 26.6. The van der Waals surface area contributed by atoms with Gasteiger partial charge >= 0.3 is 39.5 Å². The molecule has 106 heavy (non-hydrogen) atoms. The first-order chi connectivity index (χ1) is 51.4. The highest BCUT2D eigenvalue weighted by Gasteiger charge is 2.30. The minimum atomic E-state index is -4.97. The number of aliphatic hydroxyl groups is 1. The molecular formula is C87H170O17P2. The molecule has 0 aromatic heterocycles. The van der Waals surface area contributed by atoms with Crippen LogP contribution in [-0.4, -0.2) is 96.7 Å². The molecule has 0 rings (SSSR count). The summed E-state index contributed by atoms with van der Waals surface area (Å²) in [7, 11) is -9.93. The summed E-state index contributed by atoms with van der Waals surface area (Å²) in [5, 5.41) is 10.7. The Kier molecular flexibility index (Phi) is 76.9. The minimum absolute atomic E-state index is 0.108. The summed E-state index contributed by atoms with van der Waals surface area (Å²) in [6, 6.07) is 0. The third-order valence-electron chi connectivity index (χ3n) is 20.8. The monoisotopic (exact) mass is 1550 g/mol. The van der Waals surface area contributed by atoms with Crippen LogP contribution >= 0.6 is 15.6 Å². The van der Waals surface area contributed by atoms with Crippen molar-refractivity contribution >= 4 is 39.5 Å². The Morgan fingerprint density at radius 1 is 0.274 bits per heavy atom. The van der Waals surface area contributed by atoms with Gasteiger partial charge in [0.2, 0.25) is 0 Å². The number of phosphoric acid groups is 2. The summed E-state index contributed by atoms with van der Waals surface area (Å²) >= 11 is 0. The van der Waals surface area contributed by atoms with Crippen LogP contribution in [0.15, 0.2) is 0 Å². The van der Waals surface area contributed by atoms with Gasteiger partial charge in [0, 0.05) is 25.7 Å². The standard InChI is InChI=1S/C87H170O17P2/c1-7-10-12-14-16-18-20-22-24-26-27-28-29-30-36-40-44-48-52-60-66-71-86(91)103-82(75-97-84(89)69-63-57-50-46-42-38-35-32-31-33-37-41-45-49-55-61-67-79(4)5)77-101-105(93,94)99-73-81(88)74-100-106(95,96)102-78-83(76-98-85(90)70-64-58-54-53-56-62-68-80(6)9-3)104-87(92)72-65-59-51-47-43-39-34-25-23-21-19-17-15-13-11-8-2/h79-83,88H,7-78H2,1-6H3,(H,93,94)(H,95,96)/t80?,81-,82-,83-/m1/s1. The number of esters is 4. The number of phosphoric ester groups is 2. The number of ether oxygens (including phenoxy) is 4. The molecule has 0 bridgehead atoms. The van der Waals surface area contributed by atoms with Crippen LogP contribution in [0.4, 0.5) is 0 Å². The highest BCUT2D eigenvalue weighted by Crippen LogP contribution is 2.45. The fourth-order valence-electron chi connectivity index (χ4n) is 13.6. The average Bonchev–Trinajstić information content (AvgIpc) is 0.901. The van der Waals surface area contributed by atoms with Gasteiger partial charge in [0.15, 0.2) is 12.2 Å². The molecule has 0 aliphatic heterocycles. The molecule has 0 saturated heterocycles. The van der Waals surface area contributed by atoms with E-state index >= 15 is 0 Å². The summed E-state index contributed by atoms with van der Waals surface area (Å²) in [5.41, 5.74) is 0.